The molecular weight excluding hydrogens is 234 g/mol. The summed E-state index contributed by atoms with van der Waals surface area (Å²) in [7, 11) is 3.62. The summed E-state index contributed by atoms with van der Waals surface area (Å²) in [5, 5.41) is 7.91. The van der Waals surface area contributed by atoms with E-state index >= 15 is 0 Å². The monoisotopic (exact) mass is 255 g/mol. The molecule has 5 heteroatoms. The molecule has 0 radical (unpaired) electrons. The van der Waals surface area contributed by atoms with E-state index in [2.05, 4.69) is 22.2 Å². The van der Waals surface area contributed by atoms with Gasteiger partial charge < -0.3 is 10.1 Å². The predicted octanol–water partition coefficient (Wildman–Crippen LogP) is 1.58. The maximum Gasteiger partial charge on any atom is 0.216 e. The average Bonchev–Trinajstić information content (AvgIpc) is 2.88. The molecule has 0 spiro atoms. The van der Waals surface area contributed by atoms with Crippen LogP contribution in [0.2, 0.25) is 0 Å². The number of rotatable bonds is 5. The summed E-state index contributed by atoms with van der Waals surface area (Å²) < 4.78 is 7.18. The minimum atomic E-state index is 0.836. The quantitative estimate of drug-likeness (QED) is 0.867. The third-order valence-electron chi connectivity index (χ3n) is 3.24. The Morgan fingerprint density at radius 1 is 1.59 bits per heavy atom. The fourth-order valence-electron chi connectivity index (χ4n) is 2.29. The summed E-state index contributed by atoms with van der Waals surface area (Å²) in [6, 6.07) is 0. The van der Waals surface area contributed by atoms with Crippen molar-refractivity contribution in [1.29, 1.82) is 0 Å². The number of nitrogens with zero attached hydrogens (tertiary/aromatic N) is 2. The van der Waals surface area contributed by atoms with Crippen molar-refractivity contribution in [2.45, 2.75) is 19.9 Å². The van der Waals surface area contributed by atoms with Crippen LogP contribution in [0.5, 0.6) is 5.88 Å². The Labute approximate surface area is 107 Å². The van der Waals surface area contributed by atoms with Gasteiger partial charge in [-0.1, -0.05) is 0 Å². The summed E-state index contributed by atoms with van der Waals surface area (Å²) in [5.41, 5.74) is 2.23. The Hall–Kier alpha value is -0.680. The molecule has 17 heavy (non-hydrogen) atoms. The van der Waals surface area contributed by atoms with Gasteiger partial charge in [-0.15, -0.1) is 0 Å². The molecule has 1 aromatic rings. The zero-order chi connectivity index (χ0) is 12.3. The smallest absolute Gasteiger partial charge is 0.216 e. The molecule has 2 rings (SSSR count). The minimum absolute atomic E-state index is 0.836. The number of aromatic nitrogens is 2. The molecule has 1 unspecified atom stereocenters. The topological polar surface area (TPSA) is 39.1 Å². The van der Waals surface area contributed by atoms with Crippen molar-refractivity contribution < 1.29 is 4.74 Å². The van der Waals surface area contributed by atoms with E-state index in [0.717, 1.165) is 30.6 Å². The van der Waals surface area contributed by atoms with Gasteiger partial charge in [-0.2, -0.15) is 16.9 Å². The molecule has 1 aromatic heterocycles. The van der Waals surface area contributed by atoms with E-state index in [1.54, 1.807) is 11.8 Å². The fourth-order valence-corrected chi connectivity index (χ4v) is 3.57. The molecule has 96 valence electrons. The highest BCUT2D eigenvalue weighted by atomic mass is 32.2. The van der Waals surface area contributed by atoms with Gasteiger partial charge in [0.15, 0.2) is 0 Å². The Balaban J connectivity index is 1.89. The third-order valence-corrected chi connectivity index (χ3v) is 4.47. The first kappa shape index (κ1) is 12.8. The minimum Gasteiger partial charge on any atom is -0.481 e. The van der Waals surface area contributed by atoms with Crippen LogP contribution in [0, 0.1) is 12.8 Å². The molecule has 0 amide bonds. The van der Waals surface area contributed by atoms with E-state index < -0.39 is 0 Å². The molecule has 0 saturated carbocycles. The molecule has 0 aromatic carbocycles. The summed E-state index contributed by atoms with van der Waals surface area (Å²) in [5.74, 6) is 4.33. The molecular formula is C12H21N3OS. The van der Waals surface area contributed by atoms with Crippen molar-refractivity contribution >= 4 is 11.8 Å². The van der Waals surface area contributed by atoms with Crippen molar-refractivity contribution in [3.63, 3.8) is 0 Å². The van der Waals surface area contributed by atoms with Gasteiger partial charge in [0.25, 0.3) is 0 Å². The van der Waals surface area contributed by atoms with Gasteiger partial charge in [0.1, 0.15) is 0 Å². The van der Waals surface area contributed by atoms with Gasteiger partial charge in [-0.3, -0.25) is 0 Å². The van der Waals surface area contributed by atoms with E-state index in [4.69, 9.17) is 4.74 Å². The Morgan fingerprint density at radius 3 is 3.06 bits per heavy atom. The average molecular weight is 255 g/mol. The molecule has 1 fully saturated rings. The lowest BCUT2D eigenvalue weighted by Crippen LogP contribution is -2.22. The largest absolute Gasteiger partial charge is 0.481 e. The Bertz CT molecular complexity index is 372. The highest BCUT2D eigenvalue weighted by Crippen LogP contribution is 2.23. The van der Waals surface area contributed by atoms with Crippen molar-refractivity contribution in [2.75, 3.05) is 25.2 Å². The number of methoxy groups -OCH3 is 1. The molecule has 4 nitrogen and oxygen atoms in total. The lowest BCUT2D eigenvalue weighted by Gasteiger charge is -2.10. The van der Waals surface area contributed by atoms with Gasteiger partial charge in [0, 0.05) is 13.6 Å². The van der Waals surface area contributed by atoms with Crippen LogP contribution < -0.4 is 10.1 Å². The molecule has 1 N–H and O–H groups in total. The Kier molecular flexibility index (Phi) is 4.34. The third kappa shape index (κ3) is 2.96. The molecule has 1 atom stereocenters. The zero-order valence-electron chi connectivity index (χ0n) is 10.8. The normalized spacial score (nSPS) is 19.8. The second kappa shape index (κ2) is 5.78. The lowest BCUT2D eigenvalue weighted by molar-refractivity contribution is 0.367. The molecule has 0 bridgehead atoms. The molecule has 2 heterocycles. The van der Waals surface area contributed by atoms with Crippen LogP contribution in [0.3, 0.4) is 0 Å². The van der Waals surface area contributed by atoms with E-state index in [-0.39, 0.29) is 0 Å². The predicted molar refractivity (Wildman–Crippen MR) is 71.6 cm³/mol. The van der Waals surface area contributed by atoms with Crippen LogP contribution >= 0.6 is 11.8 Å². The van der Waals surface area contributed by atoms with Crippen LogP contribution in [0.4, 0.5) is 0 Å². The van der Waals surface area contributed by atoms with Crippen molar-refractivity contribution in [3.05, 3.63) is 11.3 Å². The van der Waals surface area contributed by atoms with Crippen LogP contribution in [-0.2, 0) is 13.6 Å². The fraction of sp³-hybridized carbons (Fsp3) is 0.750. The maximum absolute atomic E-state index is 5.38. The maximum atomic E-state index is 5.38. The van der Waals surface area contributed by atoms with Gasteiger partial charge >= 0.3 is 0 Å². The van der Waals surface area contributed by atoms with Crippen molar-refractivity contribution in [1.82, 2.24) is 15.1 Å². The molecule has 1 saturated heterocycles. The second-order valence-electron chi connectivity index (χ2n) is 4.56. The highest BCUT2D eigenvalue weighted by molar-refractivity contribution is 7.99. The van der Waals surface area contributed by atoms with Crippen LogP contribution in [0.1, 0.15) is 17.7 Å². The van der Waals surface area contributed by atoms with Crippen LogP contribution in [0.15, 0.2) is 0 Å². The summed E-state index contributed by atoms with van der Waals surface area (Å²) >= 11 is 2.06. The van der Waals surface area contributed by atoms with Gasteiger partial charge in [0.2, 0.25) is 5.88 Å². The number of hydrogen-bond donors (Lipinski definition) is 1. The molecule has 1 aliphatic heterocycles. The van der Waals surface area contributed by atoms with E-state index in [0.29, 0.717) is 0 Å². The standard InChI is InChI=1S/C12H21N3OS/c1-9-11(12(16-3)15(2)14-9)7-13-6-10-4-5-17-8-10/h10,13H,4-8H2,1-3H3. The van der Waals surface area contributed by atoms with E-state index in [9.17, 15) is 0 Å². The first-order valence-corrected chi connectivity index (χ1v) is 7.22. The summed E-state index contributed by atoms with van der Waals surface area (Å²) in [4.78, 5) is 0. The summed E-state index contributed by atoms with van der Waals surface area (Å²) in [6.45, 7) is 3.99. The number of thioether (sulfide) groups is 1. The van der Waals surface area contributed by atoms with Crippen molar-refractivity contribution in [3.8, 4) is 5.88 Å². The second-order valence-corrected chi connectivity index (χ2v) is 5.71. The summed E-state index contributed by atoms with van der Waals surface area (Å²) in [6.07, 6.45) is 1.35. The molecule has 1 aliphatic rings. The molecule has 0 aliphatic carbocycles. The first-order valence-electron chi connectivity index (χ1n) is 6.07. The highest BCUT2D eigenvalue weighted by Gasteiger charge is 2.17. The van der Waals surface area contributed by atoms with E-state index in [1.165, 1.54) is 23.5 Å². The number of aryl methyl sites for hydroxylation is 2. The van der Waals surface area contributed by atoms with Gasteiger partial charge in [-0.25, -0.2) is 4.68 Å². The Morgan fingerprint density at radius 2 is 2.41 bits per heavy atom. The van der Waals surface area contributed by atoms with Gasteiger partial charge in [-0.05, 0) is 37.3 Å². The van der Waals surface area contributed by atoms with Gasteiger partial charge in [0.05, 0.1) is 18.4 Å². The number of ether oxygens (including phenoxy) is 1. The van der Waals surface area contributed by atoms with E-state index in [1.807, 2.05) is 14.0 Å². The SMILES string of the molecule is COc1c(CNCC2CCSC2)c(C)nn1C. The number of hydrogen-bond acceptors (Lipinski definition) is 4. The zero-order valence-corrected chi connectivity index (χ0v) is 11.6. The number of nitrogens with one attached hydrogen (secondary N) is 1. The van der Waals surface area contributed by atoms with Crippen LogP contribution in [-0.4, -0.2) is 34.9 Å². The lowest BCUT2D eigenvalue weighted by atomic mass is 10.1. The van der Waals surface area contributed by atoms with Crippen molar-refractivity contribution in [2.24, 2.45) is 13.0 Å². The van der Waals surface area contributed by atoms with Crippen LogP contribution in [0.25, 0.3) is 0 Å². The first-order chi connectivity index (χ1) is 8.22.